The first-order valence-corrected chi connectivity index (χ1v) is 6.10. The number of hydrogen-bond acceptors (Lipinski definition) is 2. The SMILES string of the molecule is CNCC(Oc1ccc(F)c(Br)c1)C(C)C. The molecule has 1 atom stereocenters. The Kier molecular flexibility index (Phi) is 5.22. The van der Waals surface area contributed by atoms with E-state index in [0.717, 1.165) is 6.54 Å². The van der Waals surface area contributed by atoms with Gasteiger partial charge < -0.3 is 10.1 Å². The Morgan fingerprint density at radius 1 is 1.44 bits per heavy atom. The maximum Gasteiger partial charge on any atom is 0.137 e. The second-order valence-electron chi connectivity index (χ2n) is 4.03. The fourth-order valence-electron chi connectivity index (χ4n) is 1.34. The highest BCUT2D eigenvalue weighted by atomic mass is 79.9. The monoisotopic (exact) mass is 289 g/mol. The molecular weight excluding hydrogens is 273 g/mol. The third-order valence-corrected chi connectivity index (χ3v) is 2.94. The molecule has 1 unspecified atom stereocenters. The Labute approximate surface area is 104 Å². The molecule has 0 aliphatic rings. The van der Waals surface area contributed by atoms with Crippen LogP contribution in [-0.2, 0) is 0 Å². The fourth-order valence-corrected chi connectivity index (χ4v) is 1.70. The molecule has 1 rings (SSSR count). The summed E-state index contributed by atoms with van der Waals surface area (Å²) in [4.78, 5) is 0. The number of nitrogens with one attached hydrogen (secondary N) is 1. The van der Waals surface area contributed by atoms with Crippen molar-refractivity contribution in [2.75, 3.05) is 13.6 Å². The van der Waals surface area contributed by atoms with Crippen LogP contribution in [0.2, 0.25) is 0 Å². The highest BCUT2D eigenvalue weighted by Crippen LogP contribution is 2.23. The predicted molar refractivity (Wildman–Crippen MR) is 67.3 cm³/mol. The molecule has 1 aromatic carbocycles. The Morgan fingerprint density at radius 2 is 2.12 bits per heavy atom. The van der Waals surface area contributed by atoms with Crippen molar-refractivity contribution in [3.05, 3.63) is 28.5 Å². The van der Waals surface area contributed by atoms with Crippen LogP contribution in [0.3, 0.4) is 0 Å². The Balaban J connectivity index is 2.73. The molecule has 0 aliphatic heterocycles. The van der Waals surface area contributed by atoms with Gasteiger partial charge in [0.1, 0.15) is 17.7 Å². The minimum absolute atomic E-state index is 0.0855. The van der Waals surface area contributed by atoms with Gasteiger partial charge in [-0.1, -0.05) is 13.8 Å². The Morgan fingerprint density at radius 3 is 2.62 bits per heavy atom. The maximum atomic E-state index is 13.0. The minimum atomic E-state index is -0.276. The zero-order chi connectivity index (χ0) is 12.1. The molecule has 0 spiro atoms. The summed E-state index contributed by atoms with van der Waals surface area (Å²) >= 11 is 3.14. The van der Waals surface area contributed by atoms with Gasteiger partial charge in [0.2, 0.25) is 0 Å². The smallest absolute Gasteiger partial charge is 0.137 e. The number of hydrogen-bond donors (Lipinski definition) is 1. The van der Waals surface area contributed by atoms with Crippen molar-refractivity contribution in [3.8, 4) is 5.75 Å². The fraction of sp³-hybridized carbons (Fsp3) is 0.500. The van der Waals surface area contributed by atoms with Crippen molar-refractivity contribution in [2.45, 2.75) is 20.0 Å². The van der Waals surface area contributed by atoms with Crippen molar-refractivity contribution in [3.63, 3.8) is 0 Å². The molecule has 0 heterocycles. The summed E-state index contributed by atoms with van der Waals surface area (Å²) in [6.07, 6.45) is 0.0855. The van der Waals surface area contributed by atoms with Crippen molar-refractivity contribution in [1.29, 1.82) is 0 Å². The average Bonchev–Trinajstić information content (AvgIpc) is 2.22. The average molecular weight is 290 g/mol. The molecule has 1 aromatic rings. The van der Waals surface area contributed by atoms with Crippen LogP contribution in [-0.4, -0.2) is 19.7 Å². The van der Waals surface area contributed by atoms with Gasteiger partial charge in [-0.25, -0.2) is 4.39 Å². The van der Waals surface area contributed by atoms with E-state index in [1.165, 1.54) is 6.07 Å². The molecule has 1 N–H and O–H groups in total. The van der Waals surface area contributed by atoms with E-state index >= 15 is 0 Å². The summed E-state index contributed by atoms with van der Waals surface area (Å²) in [6.45, 7) is 4.97. The summed E-state index contributed by atoms with van der Waals surface area (Å²) < 4.78 is 19.2. The van der Waals surface area contributed by atoms with E-state index in [-0.39, 0.29) is 11.9 Å². The highest BCUT2D eigenvalue weighted by Gasteiger charge is 2.14. The first-order valence-electron chi connectivity index (χ1n) is 5.31. The highest BCUT2D eigenvalue weighted by molar-refractivity contribution is 9.10. The number of rotatable bonds is 5. The normalized spacial score (nSPS) is 12.9. The predicted octanol–water partition coefficient (Wildman–Crippen LogP) is 3.21. The number of ether oxygens (including phenoxy) is 1. The molecular formula is C12H17BrFNO. The number of halogens is 2. The summed E-state index contributed by atoms with van der Waals surface area (Å²) in [5, 5.41) is 3.08. The van der Waals surface area contributed by atoms with Gasteiger partial charge in [-0.05, 0) is 47.1 Å². The van der Waals surface area contributed by atoms with Crippen LogP contribution in [0.5, 0.6) is 5.75 Å². The minimum Gasteiger partial charge on any atom is -0.489 e. The molecule has 0 amide bonds. The van der Waals surface area contributed by atoms with Gasteiger partial charge in [0.05, 0.1) is 4.47 Å². The quantitative estimate of drug-likeness (QED) is 0.899. The third-order valence-electron chi connectivity index (χ3n) is 2.33. The van der Waals surface area contributed by atoms with Gasteiger partial charge in [0.15, 0.2) is 0 Å². The summed E-state index contributed by atoms with van der Waals surface area (Å²) in [5.41, 5.74) is 0. The maximum absolute atomic E-state index is 13.0. The van der Waals surface area contributed by atoms with Crippen LogP contribution in [0.15, 0.2) is 22.7 Å². The largest absolute Gasteiger partial charge is 0.489 e. The molecule has 0 aromatic heterocycles. The van der Waals surface area contributed by atoms with E-state index in [4.69, 9.17) is 4.74 Å². The Bertz CT molecular complexity index is 344. The lowest BCUT2D eigenvalue weighted by atomic mass is 10.1. The molecule has 0 fully saturated rings. The standard InChI is InChI=1S/C12H17BrFNO/c1-8(2)12(7-15-3)16-9-4-5-11(14)10(13)6-9/h4-6,8,12,15H,7H2,1-3H3. The van der Waals surface area contributed by atoms with Crippen LogP contribution in [0.25, 0.3) is 0 Å². The second-order valence-corrected chi connectivity index (χ2v) is 4.89. The summed E-state index contributed by atoms with van der Waals surface area (Å²) in [7, 11) is 1.89. The lowest BCUT2D eigenvalue weighted by Crippen LogP contribution is -2.33. The van der Waals surface area contributed by atoms with Gasteiger partial charge in [0.25, 0.3) is 0 Å². The Hall–Kier alpha value is -0.610. The lowest BCUT2D eigenvalue weighted by Gasteiger charge is -2.22. The molecule has 0 saturated carbocycles. The van der Waals surface area contributed by atoms with Crippen molar-refractivity contribution in [1.82, 2.24) is 5.32 Å². The first kappa shape index (κ1) is 13.5. The molecule has 2 nitrogen and oxygen atoms in total. The third kappa shape index (κ3) is 3.76. The van der Waals surface area contributed by atoms with E-state index in [1.807, 2.05) is 7.05 Å². The topological polar surface area (TPSA) is 21.3 Å². The van der Waals surface area contributed by atoms with E-state index in [2.05, 4.69) is 35.1 Å². The van der Waals surface area contributed by atoms with Gasteiger partial charge in [-0.3, -0.25) is 0 Å². The number of likely N-dealkylation sites (N-methyl/N-ethyl adjacent to an activating group) is 1. The second kappa shape index (κ2) is 6.21. The molecule has 0 radical (unpaired) electrons. The molecule has 0 aliphatic carbocycles. The lowest BCUT2D eigenvalue weighted by molar-refractivity contribution is 0.151. The van der Waals surface area contributed by atoms with Crippen molar-refractivity contribution in [2.24, 2.45) is 5.92 Å². The van der Waals surface area contributed by atoms with E-state index in [9.17, 15) is 4.39 Å². The van der Waals surface area contributed by atoms with Crippen molar-refractivity contribution >= 4 is 15.9 Å². The van der Waals surface area contributed by atoms with Crippen LogP contribution in [0.1, 0.15) is 13.8 Å². The van der Waals surface area contributed by atoms with E-state index < -0.39 is 0 Å². The van der Waals surface area contributed by atoms with E-state index in [0.29, 0.717) is 16.1 Å². The zero-order valence-corrected chi connectivity index (χ0v) is 11.3. The molecule has 90 valence electrons. The molecule has 0 bridgehead atoms. The zero-order valence-electron chi connectivity index (χ0n) is 9.76. The molecule has 4 heteroatoms. The van der Waals surface area contributed by atoms with Gasteiger partial charge >= 0.3 is 0 Å². The summed E-state index contributed by atoms with van der Waals surface area (Å²) in [6, 6.07) is 4.70. The van der Waals surface area contributed by atoms with E-state index in [1.54, 1.807) is 12.1 Å². The van der Waals surface area contributed by atoms with Crippen LogP contribution >= 0.6 is 15.9 Å². The van der Waals surface area contributed by atoms with Crippen LogP contribution in [0.4, 0.5) is 4.39 Å². The van der Waals surface area contributed by atoms with Gasteiger partial charge in [-0.15, -0.1) is 0 Å². The van der Waals surface area contributed by atoms with Crippen LogP contribution in [0, 0.1) is 11.7 Å². The number of benzene rings is 1. The van der Waals surface area contributed by atoms with Crippen LogP contribution < -0.4 is 10.1 Å². The van der Waals surface area contributed by atoms with Crippen molar-refractivity contribution < 1.29 is 9.13 Å². The molecule has 16 heavy (non-hydrogen) atoms. The van der Waals surface area contributed by atoms with Gasteiger partial charge in [0, 0.05) is 6.54 Å². The molecule has 0 saturated heterocycles. The summed E-state index contributed by atoms with van der Waals surface area (Å²) in [5.74, 6) is 0.806. The first-order chi connectivity index (χ1) is 7.54. The van der Waals surface area contributed by atoms with Gasteiger partial charge in [-0.2, -0.15) is 0 Å².